The van der Waals surface area contributed by atoms with Crippen LogP contribution in [0.4, 0.5) is 0 Å². The maximum absolute atomic E-state index is 13.5. The number of amides is 11. The number of nitrogens with zero attached hydrogens (tertiary/aromatic N) is 5. The van der Waals surface area contributed by atoms with Gasteiger partial charge in [0, 0.05) is 103 Å². The zero-order valence-electron chi connectivity index (χ0n) is 48.3. The number of thioether (sulfide) groups is 1. The standard InChI is InChI=1S/C56H80ClN10O16S.Ga/c1-38(68)64(81)33-14-4-11-30-59-44(70)25-27-48(74)66(83)35-16-6-13-31-60-45(71)26-28-47(73)65(82)34-15-5-12-29-58-43(69)21-10-17-32-63-49(75)37-42(54(63)77)84-36-18-3-9-22-46(72)61-50(39-19-7-2-8-20-39)53(76)62-51-41-24-23-40(57)52(56(79)80)67(41)55(51)78;/h2,7-8,19-20,41-42,50-51H,3-6,9-18,21-37H2,1H3,(H,58,69)(H,59,70)(H,60,71)(H,61,72)(H,62,76)(H,79,80);/q-3;+3/t41-,42?,50-,51+;/m1./s1. The number of allylic oxidation sites excluding steroid dienone is 1. The third kappa shape index (κ3) is 25.8. The van der Waals surface area contributed by atoms with E-state index in [2.05, 4.69) is 26.6 Å². The molecule has 26 nitrogen and oxygen atoms in total. The average Bonchev–Trinajstić information content (AvgIpc) is 2.84. The molecule has 3 aliphatic heterocycles. The number of aliphatic carboxylic acids is 1. The quantitative estimate of drug-likeness (QED) is 0.0180. The summed E-state index contributed by atoms with van der Waals surface area (Å²) < 4.78 is 0. The van der Waals surface area contributed by atoms with Crippen LogP contribution in [0.15, 0.2) is 41.1 Å². The molecule has 0 aromatic heterocycles. The third-order valence-electron chi connectivity index (χ3n) is 14.3. The Balaban J connectivity index is 0.0000189. The number of carboxylic acid groups (broad SMARTS) is 1. The molecule has 0 bridgehead atoms. The number of benzene rings is 1. The van der Waals surface area contributed by atoms with E-state index in [1.165, 1.54) is 23.6 Å². The van der Waals surface area contributed by atoms with Crippen LogP contribution >= 0.6 is 23.4 Å². The number of hydrogen-bond acceptors (Lipinski definition) is 16. The van der Waals surface area contributed by atoms with Crippen molar-refractivity contribution < 1.29 is 62.6 Å². The Morgan fingerprint density at radius 2 is 1.15 bits per heavy atom. The van der Waals surface area contributed by atoms with Crippen molar-refractivity contribution >= 4 is 114 Å². The fraction of sp³-hybridized carbons (Fsp3) is 0.643. The molecule has 2 saturated heterocycles. The van der Waals surface area contributed by atoms with Gasteiger partial charge in [-0.15, -0.1) is 11.8 Å². The Morgan fingerprint density at radius 3 is 1.69 bits per heavy atom. The minimum absolute atomic E-state index is 0. The normalized spacial score (nSPS) is 16.5. The zero-order valence-corrected chi connectivity index (χ0v) is 52.3. The van der Waals surface area contributed by atoms with Crippen LogP contribution in [0.1, 0.15) is 166 Å². The zero-order chi connectivity index (χ0) is 61.6. The van der Waals surface area contributed by atoms with Gasteiger partial charge in [-0.05, 0) is 108 Å². The van der Waals surface area contributed by atoms with Crippen molar-refractivity contribution in [3.8, 4) is 0 Å². The van der Waals surface area contributed by atoms with E-state index in [0.29, 0.717) is 136 Å². The molecule has 85 heavy (non-hydrogen) atoms. The summed E-state index contributed by atoms with van der Waals surface area (Å²) in [4.78, 5) is 151. The Hall–Kier alpha value is -6.04. The number of likely N-dealkylation sites (tertiary alicyclic amines) is 1. The molecular formula is C56H80ClGaN10O16S. The van der Waals surface area contributed by atoms with E-state index in [0.717, 1.165) is 4.90 Å². The molecular weight excluding hydrogens is 1210 g/mol. The molecule has 1 aromatic carbocycles. The van der Waals surface area contributed by atoms with E-state index < -0.39 is 64.8 Å². The number of hydroxylamine groups is 6. The number of imide groups is 1. The number of carbonyl (C=O) groups is 12. The summed E-state index contributed by atoms with van der Waals surface area (Å²) in [6, 6.07) is 5.89. The van der Waals surface area contributed by atoms with Gasteiger partial charge in [0.05, 0.1) is 11.3 Å². The SMILES string of the molecule is CC(=O)N([O-])CCCCCNC(=O)CCC(=O)N([O-])CCCCCNC(=O)CCC(=O)N([O-])CCCCCNC(=O)CCCCN1C(=O)CC(SCCCCCC(=O)N[C@@H](C(=O)N[C@@H]2C(=O)N3C(C(=O)O)=C(Cl)CC[C@H]23)c2ccccc2)C1=O.[Ga+3]. The topological polar surface area (TPSA) is 371 Å². The van der Waals surface area contributed by atoms with Crippen molar-refractivity contribution in [2.45, 2.75) is 178 Å². The fourth-order valence-electron chi connectivity index (χ4n) is 9.51. The van der Waals surface area contributed by atoms with E-state index in [4.69, 9.17) is 11.6 Å². The van der Waals surface area contributed by atoms with Crippen LogP contribution in [-0.4, -0.2) is 190 Å². The molecule has 0 saturated carbocycles. The van der Waals surface area contributed by atoms with Crippen LogP contribution < -0.4 is 26.6 Å². The van der Waals surface area contributed by atoms with Gasteiger partial charge in [0.25, 0.3) is 5.91 Å². The van der Waals surface area contributed by atoms with E-state index >= 15 is 0 Å². The first kappa shape index (κ1) is 73.2. The van der Waals surface area contributed by atoms with Crippen molar-refractivity contribution in [2.24, 2.45) is 0 Å². The molecule has 6 N–H and O–H groups in total. The van der Waals surface area contributed by atoms with Gasteiger partial charge in [-0.1, -0.05) is 48.4 Å². The number of unbranched alkanes of at least 4 members (excludes halogenated alkanes) is 9. The summed E-state index contributed by atoms with van der Waals surface area (Å²) in [6.45, 7) is 2.34. The molecule has 466 valence electrons. The summed E-state index contributed by atoms with van der Waals surface area (Å²) in [5.41, 5.74) is 0.211. The maximum atomic E-state index is 13.5. The molecule has 11 amide bonds. The second kappa shape index (κ2) is 39.6. The van der Waals surface area contributed by atoms with Gasteiger partial charge in [0.15, 0.2) is 0 Å². The Bertz CT molecular complexity index is 2480. The summed E-state index contributed by atoms with van der Waals surface area (Å²) in [6.07, 6.45) is 7.61. The molecule has 4 atom stereocenters. The molecule has 2 fully saturated rings. The number of fused-ring (bicyclic) bond motifs is 1. The molecule has 29 heteroatoms. The molecule has 1 aromatic rings. The molecule has 0 radical (unpaired) electrons. The largest absolute Gasteiger partial charge is 3.00 e. The summed E-state index contributed by atoms with van der Waals surface area (Å²) in [5, 5.41) is 59.3. The predicted octanol–water partition coefficient (Wildman–Crippen LogP) is 3.50. The van der Waals surface area contributed by atoms with Crippen LogP contribution in [0.25, 0.3) is 0 Å². The minimum Gasteiger partial charge on any atom is -0.756 e. The number of rotatable bonds is 41. The summed E-state index contributed by atoms with van der Waals surface area (Å²) >= 11 is 7.47. The predicted molar refractivity (Wildman–Crippen MR) is 315 cm³/mol. The molecule has 3 aliphatic rings. The number of hydrogen-bond donors (Lipinski definition) is 6. The van der Waals surface area contributed by atoms with Crippen LogP contribution in [0.5, 0.6) is 0 Å². The molecule has 0 aliphatic carbocycles. The average molecular weight is 1290 g/mol. The van der Waals surface area contributed by atoms with Crippen molar-refractivity contribution in [1.82, 2.24) is 51.6 Å². The van der Waals surface area contributed by atoms with Crippen molar-refractivity contribution in [3.63, 3.8) is 0 Å². The van der Waals surface area contributed by atoms with Crippen LogP contribution in [-0.2, 0) is 57.5 Å². The monoisotopic (exact) mass is 1280 g/mol. The van der Waals surface area contributed by atoms with Gasteiger partial charge >= 0.3 is 25.8 Å². The van der Waals surface area contributed by atoms with Crippen molar-refractivity contribution in [1.29, 1.82) is 0 Å². The van der Waals surface area contributed by atoms with Gasteiger partial charge in [0.1, 0.15) is 17.8 Å². The minimum atomic E-state index is -1.33. The van der Waals surface area contributed by atoms with E-state index in [1.54, 1.807) is 30.3 Å². The third-order valence-corrected chi connectivity index (χ3v) is 16.0. The number of nitrogens with one attached hydrogen (secondary N) is 5. The fourth-order valence-corrected chi connectivity index (χ4v) is 11.0. The number of carbonyl (C=O) groups excluding carboxylic acids is 11. The van der Waals surface area contributed by atoms with E-state index in [9.17, 15) is 78.3 Å². The first-order chi connectivity index (χ1) is 40.2. The maximum Gasteiger partial charge on any atom is 3.00 e. The molecule has 0 spiro atoms. The van der Waals surface area contributed by atoms with E-state index in [1.807, 2.05) is 0 Å². The Kier molecular flexibility index (Phi) is 34.1. The van der Waals surface area contributed by atoms with Crippen LogP contribution in [0.2, 0.25) is 0 Å². The second-order valence-corrected chi connectivity index (χ2v) is 22.6. The van der Waals surface area contributed by atoms with E-state index in [-0.39, 0.29) is 144 Å². The van der Waals surface area contributed by atoms with Gasteiger partial charge in [-0.2, -0.15) is 0 Å². The Morgan fingerprint density at radius 1 is 0.647 bits per heavy atom. The number of halogens is 1. The molecule has 1 unspecified atom stereocenters. The number of β-lactam (4-membered cyclic amide) rings is 1. The van der Waals surface area contributed by atoms with Crippen LogP contribution in [0.3, 0.4) is 0 Å². The van der Waals surface area contributed by atoms with Gasteiger partial charge < -0.3 is 62.5 Å². The van der Waals surface area contributed by atoms with Gasteiger partial charge in [0.2, 0.25) is 59.1 Å². The first-order valence-corrected chi connectivity index (χ1v) is 30.4. The molecule has 4 rings (SSSR count). The second-order valence-electron chi connectivity index (χ2n) is 20.8. The molecule has 3 heterocycles. The van der Waals surface area contributed by atoms with Crippen molar-refractivity contribution in [3.05, 3.63) is 62.2 Å². The van der Waals surface area contributed by atoms with Gasteiger partial charge in [-0.3, -0.25) is 62.5 Å². The number of carboxylic acids is 1. The Labute approximate surface area is 517 Å². The summed E-state index contributed by atoms with van der Waals surface area (Å²) in [7, 11) is 0. The van der Waals surface area contributed by atoms with Gasteiger partial charge in [-0.25, -0.2) is 4.79 Å². The van der Waals surface area contributed by atoms with Crippen molar-refractivity contribution in [2.75, 3.05) is 51.6 Å². The first-order valence-electron chi connectivity index (χ1n) is 29.0. The summed E-state index contributed by atoms with van der Waals surface area (Å²) in [5.74, 6) is -5.83. The smallest absolute Gasteiger partial charge is 0.756 e. The van der Waals surface area contributed by atoms with Crippen LogP contribution in [0, 0.1) is 15.6 Å².